The molecule has 1 aromatic carbocycles. The second-order valence-electron chi connectivity index (χ2n) is 10.8. The second kappa shape index (κ2) is 8.36. The molecule has 0 aliphatic carbocycles. The summed E-state index contributed by atoms with van der Waals surface area (Å²) in [5, 5.41) is 11.5. The highest BCUT2D eigenvalue weighted by molar-refractivity contribution is 6.62. The first kappa shape index (κ1) is 23.3. The van der Waals surface area contributed by atoms with Gasteiger partial charge in [-0.3, -0.25) is 4.98 Å². The molecule has 2 aromatic rings. The summed E-state index contributed by atoms with van der Waals surface area (Å²) in [5.74, 6) is 0. The van der Waals surface area contributed by atoms with Crippen LogP contribution in [0.4, 0.5) is 4.79 Å². The lowest BCUT2D eigenvalue weighted by atomic mass is 9.78. The Balaban J connectivity index is 1.25. The third kappa shape index (κ3) is 4.12. The molecule has 0 saturated carbocycles. The van der Waals surface area contributed by atoms with Gasteiger partial charge in [-0.15, -0.1) is 0 Å². The molecule has 3 aliphatic heterocycles. The summed E-state index contributed by atoms with van der Waals surface area (Å²) in [5.41, 5.74) is 0.503. The van der Waals surface area contributed by atoms with Gasteiger partial charge in [-0.1, -0.05) is 36.4 Å². The predicted molar refractivity (Wildman–Crippen MR) is 128 cm³/mol. The van der Waals surface area contributed by atoms with Crippen LogP contribution < -0.4 is 5.46 Å². The third-order valence-electron chi connectivity index (χ3n) is 7.97. The molecule has 3 aliphatic rings. The SMILES string of the molecule is CC1(C)OB(c2ccc(C3(O)CC4CCC(C3)N4C(=O)OCc3ccccc3)nc2)OC1(C)C. The summed E-state index contributed by atoms with van der Waals surface area (Å²) in [6.07, 6.45) is 4.05. The summed E-state index contributed by atoms with van der Waals surface area (Å²) in [6.45, 7) is 8.33. The van der Waals surface area contributed by atoms with Gasteiger partial charge in [-0.2, -0.15) is 0 Å². The van der Waals surface area contributed by atoms with Gasteiger partial charge in [0.25, 0.3) is 0 Å². The summed E-state index contributed by atoms with van der Waals surface area (Å²) < 4.78 is 17.8. The molecule has 1 amide bonds. The van der Waals surface area contributed by atoms with E-state index in [9.17, 15) is 9.90 Å². The summed E-state index contributed by atoms with van der Waals surface area (Å²) in [6, 6.07) is 13.3. The lowest BCUT2D eigenvalue weighted by Gasteiger charge is -2.42. The number of fused-ring (bicyclic) bond motifs is 2. The maximum atomic E-state index is 12.9. The Bertz CT molecular complexity index is 1010. The molecule has 5 rings (SSSR count). The molecule has 3 saturated heterocycles. The number of aliphatic hydroxyl groups is 1. The lowest BCUT2D eigenvalue weighted by molar-refractivity contribution is -0.0564. The fourth-order valence-electron chi connectivity index (χ4n) is 5.33. The molecule has 2 bridgehead atoms. The molecule has 0 radical (unpaired) electrons. The molecule has 8 heteroatoms. The van der Waals surface area contributed by atoms with E-state index >= 15 is 0 Å². The van der Waals surface area contributed by atoms with Crippen LogP contribution in [0.3, 0.4) is 0 Å². The number of carbonyl (C=O) groups excluding carboxylic acids is 1. The quantitative estimate of drug-likeness (QED) is 0.698. The number of piperidine rings is 1. The van der Waals surface area contributed by atoms with E-state index in [0.29, 0.717) is 18.5 Å². The first-order valence-electron chi connectivity index (χ1n) is 12.1. The smallest absolute Gasteiger partial charge is 0.445 e. The molecule has 180 valence electrons. The summed E-state index contributed by atoms with van der Waals surface area (Å²) in [4.78, 5) is 19.3. The highest BCUT2D eigenvalue weighted by atomic mass is 16.7. The Morgan fingerprint density at radius 1 is 1.06 bits per heavy atom. The highest BCUT2D eigenvalue weighted by Gasteiger charge is 2.53. The van der Waals surface area contributed by atoms with E-state index in [4.69, 9.17) is 14.0 Å². The van der Waals surface area contributed by atoms with Crippen molar-refractivity contribution in [3.05, 3.63) is 59.9 Å². The van der Waals surface area contributed by atoms with E-state index in [1.165, 1.54) is 0 Å². The van der Waals surface area contributed by atoms with Crippen molar-refractivity contribution in [1.82, 2.24) is 9.88 Å². The molecule has 2 unspecified atom stereocenters. The summed E-state index contributed by atoms with van der Waals surface area (Å²) in [7, 11) is -0.487. The number of hydrogen-bond acceptors (Lipinski definition) is 6. The van der Waals surface area contributed by atoms with Crippen LogP contribution >= 0.6 is 0 Å². The van der Waals surface area contributed by atoms with E-state index in [-0.39, 0.29) is 24.8 Å². The number of amides is 1. The minimum Gasteiger partial charge on any atom is -0.445 e. The Kier molecular flexibility index (Phi) is 5.74. The topological polar surface area (TPSA) is 81.1 Å². The zero-order valence-electron chi connectivity index (χ0n) is 20.4. The number of pyridine rings is 1. The van der Waals surface area contributed by atoms with E-state index in [1.807, 2.05) is 75.1 Å². The number of aromatic nitrogens is 1. The van der Waals surface area contributed by atoms with E-state index < -0.39 is 23.9 Å². The van der Waals surface area contributed by atoms with Crippen LogP contribution in [-0.4, -0.2) is 51.5 Å². The average Bonchev–Trinajstić information content (AvgIpc) is 3.21. The van der Waals surface area contributed by atoms with Crippen molar-refractivity contribution in [1.29, 1.82) is 0 Å². The van der Waals surface area contributed by atoms with Gasteiger partial charge in [0.1, 0.15) is 12.2 Å². The zero-order valence-corrected chi connectivity index (χ0v) is 20.4. The first-order valence-corrected chi connectivity index (χ1v) is 12.1. The van der Waals surface area contributed by atoms with Crippen molar-refractivity contribution in [2.24, 2.45) is 0 Å². The highest BCUT2D eigenvalue weighted by Crippen LogP contribution is 2.45. The van der Waals surface area contributed by atoms with Crippen molar-refractivity contribution in [3.8, 4) is 0 Å². The van der Waals surface area contributed by atoms with Gasteiger partial charge < -0.3 is 24.1 Å². The summed E-state index contributed by atoms with van der Waals surface area (Å²) >= 11 is 0. The van der Waals surface area contributed by atoms with Crippen LogP contribution in [0.2, 0.25) is 0 Å². The molecule has 2 atom stereocenters. The van der Waals surface area contributed by atoms with Crippen molar-refractivity contribution in [3.63, 3.8) is 0 Å². The van der Waals surface area contributed by atoms with Crippen molar-refractivity contribution in [2.75, 3.05) is 0 Å². The zero-order chi connectivity index (χ0) is 24.1. The normalized spacial score (nSPS) is 29.3. The van der Waals surface area contributed by atoms with Gasteiger partial charge in [0.15, 0.2) is 0 Å². The maximum Gasteiger partial charge on any atom is 0.496 e. The fourth-order valence-corrected chi connectivity index (χ4v) is 5.33. The second-order valence-corrected chi connectivity index (χ2v) is 10.8. The Hall–Kier alpha value is -2.42. The van der Waals surface area contributed by atoms with Crippen LogP contribution in [0.5, 0.6) is 0 Å². The third-order valence-corrected chi connectivity index (χ3v) is 7.97. The van der Waals surface area contributed by atoms with Crippen molar-refractivity contribution < 1.29 is 23.9 Å². The largest absolute Gasteiger partial charge is 0.496 e. The molecular formula is C26H33BN2O5. The van der Waals surface area contributed by atoms with Crippen LogP contribution in [0.15, 0.2) is 48.7 Å². The Labute approximate surface area is 201 Å². The Morgan fingerprint density at radius 3 is 2.24 bits per heavy atom. The predicted octanol–water partition coefficient (Wildman–Crippen LogP) is 3.53. The lowest BCUT2D eigenvalue weighted by Crippen LogP contribution is -2.52. The van der Waals surface area contributed by atoms with Crippen LogP contribution in [0, 0.1) is 0 Å². The van der Waals surface area contributed by atoms with Gasteiger partial charge in [-0.25, -0.2) is 4.79 Å². The van der Waals surface area contributed by atoms with Gasteiger partial charge in [-0.05, 0) is 52.2 Å². The first-order chi connectivity index (χ1) is 16.1. The van der Waals surface area contributed by atoms with E-state index in [1.54, 1.807) is 6.20 Å². The van der Waals surface area contributed by atoms with Gasteiger partial charge in [0.2, 0.25) is 0 Å². The average molecular weight is 464 g/mol. The van der Waals surface area contributed by atoms with Crippen LogP contribution in [0.1, 0.15) is 64.6 Å². The number of carbonyl (C=O) groups is 1. The monoisotopic (exact) mass is 464 g/mol. The van der Waals surface area contributed by atoms with Crippen molar-refractivity contribution >= 4 is 18.7 Å². The molecular weight excluding hydrogens is 431 g/mol. The number of hydrogen-bond donors (Lipinski definition) is 1. The minimum atomic E-state index is -1.07. The Morgan fingerprint density at radius 2 is 1.68 bits per heavy atom. The molecule has 3 fully saturated rings. The molecule has 1 aromatic heterocycles. The van der Waals surface area contributed by atoms with Gasteiger partial charge in [0, 0.05) is 36.6 Å². The van der Waals surface area contributed by atoms with Crippen molar-refractivity contribution in [2.45, 2.75) is 88.9 Å². The van der Waals surface area contributed by atoms with E-state index in [0.717, 1.165) is 23.9 Å². The van der Waals surface area contributed by atoms with E-state index in [2.05, 4.69) is 4.98 Å². The number of rotatable bonds is 4. The molecule has 0 spiro atoms. The fraction of sp³-hybridized carbons (Fsp3) is 0.538. The molecule has 1 N–H and O–H groups in total. The number of ether oxygens (including phenoxy) is 1. The molecule has 34 heavy (non-hydrogen) atoms. The number of benzene rings is 1. The molecule has 7 nitrogen and oxygen atoms in total. The van der Waals surface area contributed by atoms with Crippen LogP contribution in [-0.2, 0) is 26.3 Å². The maximum absolute atomic E-state index is 12.9. The van der Waals surface area contributed by atoms with Crippen LogP contribution in [0.25, 0.3) is 0 Å². The molecule has 4 heterocycles. The van der Waals surface area contributed by atoms with Gasteiger partial charge in [0.05, 0.1) is 16.9 Å². The standard InChI is InChI=1S/C26H33BN2O5/c1-24(2)25(3,4)34-27(33-24)19-10-13-22(28-16-19)26(31)14-20-11-12-21(15-26)29(20)23(30)32-17-18-8-6-5-7-9-18/h5-10,13,16,20-21,31H,11-12,14-15,17H2,1-4H3. The number of nitrogens with zero attached hydrogens (tertiary/aromatic N) is 2. The van der Waals surface area contributed by atoms with Gasteiger partial charge >= 0.3 is 13.2 Å². The minimum absolute atomic E-state index is 0.0587.